The first kappa shape index (κ1) is 15.7. The third-order valence-corrected chi connectivity index (χ3v) is 4.66. The van der Waals surface area contributed by atoms with E-state index in [0.717, 1.165) is 18.7 Å². The van der Waals surface area contributed by atoms with Gasteiger partial charge in [-0.1, -0.05) is 31.5 Å². The molecule has 0 bridgehead atoms. The maximum atomic E-state index is 13.3. The van der Waals surface area contributed by atoms with Crippen molar-refractivity contribution in [1.82, 2.24) is 4.90 Å². The van der Waals surface area contributed by atoms with E-state index in [1.54, 1.807) is 12.1 Å². The minimum atomic E-state index is -0.372. The van der Waals surface area contributed by atoms with Crippen LogP contribution >= 0.6 is 11.6 Å². The summed E-state index contributed by atoms with van der Waals surface area (Å²) in [7, 11) is 0. The van der Waals surface area contributed by atoms with Crippen molar-refractivity contribution >= 4 is 11.6 Å². The van der Waals surface area contributed by atoms with Crippen LogP contribution in [0.3, 0.4) is 0 Å². The average Bonchev–Trinajstić information content (AvgIpc) is 2.56. The zero-order chi connectivity index (χ0) is 14.8. The summed E-state index contributed by atoms with van der Waals surface area (Å²) in [6, 6.07) is 5.07. The largest absolute Gasteiger partial charge is 0.329 e. The van der Waals surface area contributed by atoms with E-state index in [-0.39, 0.29) is 16.9 Å². The van der Waals surface area contributed by atoms with Gasteiger partial charge in [0.25, 0.3) is 0 Å². The number of hydrogen-bond acceptors (Lipinski definition) is 2. The van der Waals surface area contributed by atoms with Crippen molar-refractivity contribution in [1.29, 1.82) is 0 Å². The minimum absolute atomic E-state index is 0.127. The van der Waals surface area contributed by atoms with Crippen LogP contribution in [0.4, 0.5) is 4.39 Å². The molecule has 2 rings (SSSR count). The molecule has 2 nitrogen and oxygen atoms in total. The maximum Gasteiger partial charge on any atom is 0.141 e. The number of hydrogen-bond donors (Lipinski definition) is 1. The smallest absolute Gasteiger partial charge is 0.141 e. The van der Waals surface area contributed by atoms with Crippen LogP contribution in [0.25, 0.3) is 0 Å². The number of nitrogens with zero attached hydrogens (tertiary/aromatic N) is 1. The lowest BCUT2D eigenvalue weighted by Crippen LogP contribution is -2.35. The van der Waals surface area contributed by atoms with Crippen molar-refractivity contribution < 1.29 is 4.39 Å². The molecular weight excluding hydrogens is 275 g/mol. The van der Waals surface area contributed by atoms with Crippen molar-refractivity contribution in [2.24, 2.45) is 11.1 Å². The summed E-state index contributed by atoms with van der Waals surface area (Å²) in [5.74, 6) is -0.372. The van der Waals surface area contributed by atoms with E-state index in [1.165, 1.54) is 25.3 Å². The lowest BCUT2D eigenvalue weighted by molar-refractivity contribution is 0.200. The molecular formula is C16H24ClFN2. The van der Waals surface area contributed by atoms with Gasteiger partial charge >= 0.3 is 0 Å². The van der Waals surface area contributed by atoms with Gasteiger partial charge in [0, 0.05) is 12.6 Å². The van der Waals surface area contributed by atoms with Crippen LogP contribution < -0.4 is 5.73 Å². The van der Waals surface area contributed by atoms with E-state index in [4.69, 9.17) is 17.3 Å². The summed E-state index contributed by atoms with van der Waals surface area (Å²) >= 11 is 5.90. The Hall–Kier alpha value is -0.640. The van der Waals surface area contributed by atoms with Gasteiger partial charge in [-0.15, -0.1) is 0 Å². The van der Waals surface area contributed by atoms with Crippen molar-refractivity contribution in [2.75, 3.05) is 19.6 Å². The molecule has 1 atom stereocenters. The van der Waals surface area contributed by atoms with Crippen LogP contribution in [0.2, 0.25) is 5.02 Å². The van der Waals surface area contributed by atoms with E-state index in [2.05, 4.69) is 18.7 Å². The highest BCUT2D eigenvalue weighted by atomic mass is 35.5. The lowest BCUT2D eigenvalue weighted by Gasteiger charge is -2.31. The SMILES string of the molecule is CC1(C)CCCN(C(CN)c2ccc(F)c(Cl)c2)CC1. The van der Waals surface area contributed by atoms with Gasteiger partial charge in [0.1, 0.15) is 5.82 Å². The molecule has 0 amide bonds. The molecule has 1 saturated heterocycles. The van der Waals surface area contributed by atoms with E-state index in [0.29, 0.717) is 12.0 Å². The molecule has 1 aromatic carbocycles. The molecule has 2 N–H and O–H groups in total. The van der Waals surface area contributed by atoms with Crippen LogP contribution in [0.15, 0.2) is 18.2 Å². The molecule has 112 valence electrons. The Morgan fingerprint density at radius 2 is 2.10 bits per heavy atom. The summed E-state index contributed by atoms with van der Waals surface area (Å²) in [5, 5.41) is 0.177. The van der Waals surface area contributed by atoms with Gasteiger partial charge in [0.05, 0.1) is 5.02 Å². The molecule has 0 aromatic heterocycles. The first-order chi connectivity index (χ1) is 9.43. The van der Waals surface area contributed by atoms with Gasteiger partial charge in [-0.25, -0.2) is 4.39 Å². The van der Waals surface area contributed by atoms with Gasteiger partial charge in [-0.3, -0.25) is 4.90 Å². The highest BCUT2D eigenvalue weighted by molar-refractivity contribution is 6.30. The minimum Gasteiger partial charge on any atom is -0.329 e. The molecule has 0 saturated carbocycles. The highest BCUT2D eigenvalue weighted by Crippen LogP contribution is 2.33. The molecule has 0 radical (unpaired) electrons. The molecule has 1 fully saturated rings. The number of likely N-dealkylation sites (tertiary alicyclic amines) is 1. The fraction of sp³-hybridized carbons (Fsp3) is 0.625. The van der Waals surface area contributed by atoms with Crippen molar-refractivity contribution in [3.63, 3.8) is 0 Å². The second kappa shape index (κ2) is 6.42. The fourth-order valence-corrected chi connectivity index (χ4v) is 3.16. The zero-order valence-electron chi connectivity index (χ0n) is 12.3. The Balaban J connectivity index is 2.17. The number of benzene rings is 1. The van der Waals surface area contributed by atoms with Gasteiger partial charge < -0.3 is 5.73 Å². The van der Waals surface area contributed by atoms with Crippen LogP contribution in [-0.4, -0.2) is 24.5 Å². The molecule has 1 aliphatic heterocycles. The van der Waals surface area contributed by atoms with Gasteiger partial charge in [0.2, 0.25) is 0 Å². The Kier molecular flexibility index (Phi) is 5.05. The Labute approximate surface area is 126 Å². The predicted octanol–water partition coefficient (Wildman–Crippen LogP) is 3.99. The van der Waals surface area contributed by atoms with Gasteiger partial charge in [-0.2, -0.15) is 0 Å². The Morgan fingerprint density at radius 3 is 2.75 bits per heavy atom. The molecule has 0 spiro atoms. The molecule has 1 aromatic rings. The van der Waals surface area contributed by atoms with Gasteiger partial charge in [-0.05, 0) is 55.5 Å². The van der Waals surface area contributed by atoms with E-state index in [1.807, 2.05) is 0 Å². The monoisotopic (exact) mass is 298 g/mol. The predicted molar refractivity (Wildman–Crippen MR) is 82.4 cm³/mol. The third kappa shape index (κ3) is 3.72. The number of rotatable bonds is 3. The highest BCUT2D eigenvalue weighted by Gasteiger charge is 2.27. The quantitative estimate of drug-likeness (QED) is 0.914. The van der Waals surface area contributed by atoms with E-state index in [9.17, 15) is 4.39 Å². The van der Waals surface area contributed by atoms with E-state index >= 15 is 0 Å². The first-order valence-electron chi connectivity index (χ1n) is 7.32. The topological polar surface area (TPSA) is 29.3 Å². The first-order valence-corrected chi connectivity index (χ1v) is 7.70. The van der Waals surface area contributed by atoms with E-state index < -0.39 is 0 Å². The van der Waals surface area contributed by atoms with Crippen LogP contribution in [-0.2, 0) is 0 Å². The molecule has 1 aliphatic rings. The molecule has 1 heterocycles. The average molecular weight is 299 g/mol. The fourth-order valence-electron chi connectivity index (χ4n) is 2.97. The van der Waals surface area contributed by atoms with Crippen LogP contribution in [0.1, 0.15) is 44.7 Å². The Bertz CT molecular complexity index is 462. The molecule has 1 unspecified atom stereocenters. The third-order valence-electron chi connectivity index (χ3n) is 4.37. The number of nitrogens with two attached hydrogens (primary N) is 1. The lowest BCUT2D eigenvalue weighted by atomic mass is 9.85. The summed E-state index contributed by atoms with van der Waals surface area (Å²) < 4.78 is 13.3. The summed E-state index contributed by atoms with van der Waals surface area (Å²) in [4.78, 5) is 2.41. The molecule has 20 heavy (non-hydrogen) atoms. The second-order valence-corrected chi connectivity index (χ2v) is 6.89. The van der Waals surface area contributed by atoms with Crippen molar-refractivity contribution in [3.05, 3.63) is 34.6 Å². The summed E-state index contributed by atoms with van der Waals surface area (Å²) in [5.41, 5.74) is 7.37. The van der Waals surface area contributed by atoms with Crippen molar-refractivity contribution in [2.45, 2.75) is 39.2 Å². The second-order valence-electron chi connectivity index (χ2n) is 6.48. The zero-order valence-corrected chi connectivity index (χ0v) is 13.1. The van der Waals surface area contributed by atoms with Crippen LogP contribution in [0, 0.1) is 11.2 Å². The standard InChI is InChI=1S/C16H24ClFN2/c1-16(2)6-3-8-20(9-7-16)15(11-19)12-4-5-14(18)13(17)10-12/h4-5,10,15H,3,6-9,11,19H2,1-2H3. The Morgan fingerprint density at radius 1 is 1.35 bits per heavy atom. The molecule has 4 heteroatoms. The maximum absolute atomic E-state index is 13.3. The summed E-state index contributed by atoms with van der Waals surface area (Å²) in [6.45, 7) is 7.25. The van der Waals surface area contributed by atoms with Crippen LogP contribution in [0.5, 0.6) is 0 Å². The molecule has 0 aliphatic carbocycles. The number of halogens is 2. The van der Waals surface area contributed by atoms with Gasteiger partial charge in [0.15, 0.2) is 0 Å². The van der Waals surface area contributed by atoms with Crippen molar-refractivity contribution in [3.8, 4) is 0 Å². The normalized spacial score (nSPS) is 21.4. The summed E-state index contributed by atoms with van der Waals surface area (Å²) in [6.07, 6.45) is 3.59.